The second kappa shape index (κ2) is 7.17. The third kappa shape index (κ3) is 3.16. The van der Waals surface area contributed by atoms with Crippen LogP contribution in [0.15, 0.2) is 23.0 Å². The van der Waals surface area contributed by atoms with Crippen LogP contribution in [0.25, 0.3) is 10.9 Å². The lowest BCUT2D eigenvalue weighted by atomic mass is 10.1. The summed E-state index contributed by atoms with van der Waals surface area (Å²) in [6.45, 7) is 4.29. The Balaban J connectivity index is 2.65. The van der Waals surface area contributed by atoms with Gasteiger partial charge in [0.25, 0.3) is 5.56 Å². The highest BCUT2D eigenvalue weighted by Gasteiger charge is 2.21. The van der Waals surface area contributed by atoms with Crippen molar-refractivity contribution >= 4 is 16.9 Å². The topological polar surface area (TPSA) is 77.8 Å². The molecule has 2 rings (SSSR count). The fraction of sp³-hybridized carbons (Fsp3) is 0.412. The number of fused-ring (bicyclic) bond motifs is 1. The van der Waals surface area contributed by atoms with Gasteiger partial charge in [0.1, 0.15) is 0 Å². The SMILES string of the molecule is CCCCOc1c(O)c2cccc(C(=O)OCC)c2n(C)c1=O. The highest BCUT2D eigenvalue weighted by atomic mass is 16.5. The van der Waals surface area contributed by atoms with Crippen molar-refractivity contribution < 1.29 is 19.4 Å². The maximum atomic E-state index is 12.5. The number of aromatic hydroxyl groups is 1. The normalized spacial score (nSPS) is 10.7. The molecule has 0 aliphatic carbocycles. The summed E-state index contributed by atoms with van der Waals surface area (Å²) in [5.74, 6) is -0.869. The zero-order valence-electron chi connectivity index (χ0n) is 13.6. The number of rotatable bonds is 6. The molecule has 0 atom stereocenters. The third-order valence-electron chi connectivity index (χ3n) is 3.58. The second-order valence-corrected chi connectivity index (χ2v) is 5.17. The first-order valence-corrected chi connectivity index (χ1v) is 7.67. The molecule has 0 fully saturated rings. The van der Waals surface area contributed by atoms with Gasteiger partial charge in [0.05, 0.1) is 24.3 Å². The van der Waals surface area contributed by atoms with Gasteiger partial charge in [-0.2, -0.15) is 0 Å². The lowest BCUT2D eigenvalue weighted by Crippen LogP contribution is -2.22. The van der Waals surface area contributed by atoms with Crippen LogP contribution < -0.4 is 10.3 Å². The molecular formula is C17H21NO5. The van der Waals surface area contributed by atoms with E-state index in [1.807, 2.05) is 6.92 Å². The van der Waals surface area contributed by atoms with Crippen molar-refractivity contribution in [1.29, 1.82) is 0 Å². The molecule has 2 aromatic rings. The van der Waals surface area contributed by atoms with Gasteiger partial charge in [-0.3, -0.25) is 4.79 Å². The van der Waals surface area contributed by atoms with Crippen LogP contribution in [0, 0.1) is 0 Å². The third-order valence-corrected chi connectivity index (χ3v) is 3.58. The minimum absolute atomic E-state index is 0.0885. The maximum absolute atomic E-state index is 12.5. The summed E-state index contributed by atoms with van der Waals surface area (Å²) < 4.78 is 11.8. The van der Waals surface area contributed by atoms with Gasteiger partial charge in [-0.15, -0.1) is 0 Å². The summed E-state index contributed by atoms with van der Waals surface area (Å²) >= 11 is 0. The predicted molar refractivity (Wildman–Crippen MR) is 87.2 cm³/mol. The lowest BCUT2D eigenvalue weighted by Gasteiger charge is -2.14. The molecule has 6 heteroatoms. The van der Waals surface area contributed by atoms with Gasteiger partial charge in [-0.05, 0) is 25.5 Å². The molecule has 0 saturated carbocycles. The molecule has 0 unspecified atom stereocenters. The average molecular weight is 319 g/mol. The van der Waals surface area contributed by atoms with Crippen LogP contribution in [0.3, 0.4) is 0 Å². The van der Waals surface area contributed by atoms with E-state index in [1.54, 1.807) is 32.2 Å². The van der Waals surface area contributed by atoms with Crippen LogP contribution in [0.1, 0.15) is 37.0 Å². The Labute approximate surface area is 134 Å². The molecule has 1 N–H and O–H groups in total. The molecule has 0 radical (unpaired) electrons. The van der Waals surface area contributed by atoms with Crippen LogP contribution >= 0.6 is 0 Å². The first-order valence-electron chi connectivity index (χ1n) is 7.67. The van der Waals surface area contributed by atoms with Gasteiger partial charge in [0.15, 0.2) is 5.75 Å². The zero-order valence-corrected chi connectivity index (χ0v) is 13.6. The Morgan fingerprint density at radius 1 is 1.30 bits per heavy atom. The van der Waals surface area contributed by atoms with Gasteiger partial charge in [-0.25, -0.2) is 4.79 Å². The van der Waals surface area contributed by atoms with Crippen LogP contribution in [0.5, 0.6) is 11.5 Å². The zero-order chi connectivity index (χ0) is 17.0. The van der Waals surface area contributed by atoms with Gasteiger partial charge in [0, 0.05) is 12.4 Å². The number of hydrogen-bond acceptors (Lipinski definition) is 5. The summed E-state index contributed by atoms with van der Waals surface area (Å²) in [7, 11) is 1.54. The number of unbranched alkanes of at least 4 members (excludes halogenated alkanes) is 1. The summed E-state index contributed by atoms with van der Waals surface area (Å²) in [6, 6.07) is 4.84. The van der Waals surface area contributed by atoms with Crippen molar-refractivity contribution in [2.24, 2.45) is 7.05 Å². The number of esters is 1. The van der Waals surface area contributed by atoms with Crippen LogP contribution in [-0.2, 0) is 11.8 Å². The van der Waals surface area contributed by atoms with Crippen molar-refractivity contribution in [2.45, 2.75) is 26.7 Å². The van der Waals surface area contributed by atoms with Crippen LogP contribution in [0.2, 0.25) is 0 Å². The Kier molecular flexibility index (Phi) is 5.26. The smallest absolute Gasteiger partial charge is 0.340 e. The van der Waals surface area contributed by atoms with Gasteiger partial charge >= 0.3 is 5.97 Å². The molecule has 0 aliphatic heterocycles. The molecule has 0 saturated heterocycles. The monoisotopic (exact) mass is 319 g/mol. The van der Waals surface area contributed by atoms with E-state index < -0.39 is 11.5 Å². The largest absolute Gasteiger partial charge is 0.504 e. The van der Waals surface area contributed by atoms with Gasteiger partial charge in [-0.1, -0.05) is 19.4 Å². The highest BCUT2D eigenvalue weighted by Crippen LogP contribution is 2.32. The fourth-order valence-corrected chi connectivity index (χ4v) is 2.40. The molecule has 0 spiro atoms. The Bertz CT molecular complexity index is 779. The number of pyridine rings is 1. The van der Waals surface area contributed by atoms with Crippen molar-refractivity contribution in [2.75, 3.05) is 13.2 Å². The number of benzene rings is 1. The Morgan fingerprint density at radius 3 is 2.70 bits per heavy atom. The van der Waals surface area contributed by atoms with Crippen LogP contribution in [0.4, 0.5) is 0 Å². The molecule has 0 bridgehead atoms. The molecule has 124 valence electrons. The van der Waals surface area contributed by atoms with E-state index in [4.69, 9.17) is 9.47 Å². The molecule has 23 heavy (non-hydrogen) atoms. The fourth-order valence-electron chi connectivity index (χ4n) is 2.40. The Hall–Kier alpha value is -2.50. The number of para-hydroxylation sites is 1. The standard InChI is InChI=1S/C17H21NO5/c1-4-6-10-23-15-14(19)11-8-7-9-12(17(21)22-5-2)13(11)18(3)16(15)20/h7-9,19H,4-6,10H2,1-3H3. The van der Waals surface area contributed by atoms with Gasteiger partial charge < -0.3 is 19.1 Å². The summed E-state index contributed by atoms with van der Waals surface area (Å²) in [6.07, 6.45) is 1.70. The Morgan fingerprint density at radius 2 is 2.04 bits per heavy atom. The molecule has 0 amide bonds. The van der Waals surface area contributed by atoms with Crippen molar-refractivity contribution in [3.8, 4) is 11.5 Å². The van der Waals surface area contributed by atoms with E-state index in [0.717, 1.165) is 12.8 Å². The van der Waals surface area contributed by atoms with Crippen LogP contribution in [-0.4, -0.2) is 28.9 Å². The van der Waals surface area contributed by atoms with Crippen molar-refractivity contribution in [3.05, 3.63) is 34.1 Å². The van der Waals surface area contributed by atoms with E-state index in [0.29, 0.717) is 17.5 Å². The molecular weight excluding hydrogens is 298 g/mol. The first kappa shape index (κ1) is 16.9. The van der Waals surface area contributed by atoms with Crippen molar-refractivity contribution in [3.63, 3.8) is 0 Å². The number of aryl methyl sites for hydroxylation is 1. The highest BCUT2D eigenvalue weighted by molar-refractivity contribution is 6.05. The number of carbonyl (C=O) groups is 1. The first-order chi connectivity index (χ1) is 11.0. The summed E-state index contributed by atoms with van der Waals surface area (Å²) in [4.78, 5) is 24.5. The maximum Gasteiger partial charge on any atom is 0.340 e. The summed E-state index contributed by atoms with van der Waals surface area (Å²) in [5.41, 5.74) is 0.0819. The quantitative estimate of drug-likeness (QED) is 0.654. The number of ether oxygens (including phenoxy) is 2. The molecule has 0 aliphatic rings. The van der Waals surface area contributed by atoms with Gasteiger partial charge in [0.2, 0.25) is 5.75 Å². The molecule has 1 heterocycles. The molecule has 1 aromatic carbocycles. The van der Waals surface area contributed by atoms with E-state index in [-0.39, 0.29) is 23.7 Å². The lowest BCUT2D eigenvalue weighted by molar-refractivity contribution is 0.0528. The minimum Gasteiger partial charge on any atom is -0.504 e. The number of carbonyl (C=O) groups excluding carboxylic acids is 1. The van der Waals surface area contributed by atoms with E-state index in [1.165, 1.54) is 4.57 Å². The predicted octanol–water partition coefficient (Wildman–Crippen LogP) is 2.60. The van der Waals surface area contributed by atoms with E-state index in [9.17, 15) is 14.7 Å². The number of nitrogens with zero attached hydrogens (tertiary/aromatic N) is 1. The van der Waals surface area contributed by atoms with E-state index >= 15 is 0 Å². The van der Waals surface area contributed by atoms with E-state index in [2.05, 4.69) is 0 Å². The number of hydrogen-bond donors (Lipinski definition) is 1. The number of aromatic nitrogens is 1. The molecule has 6 nitrogen and oxygen atoms in total. The summed E-state index contributed by atoms with van der Waals surface area (Å²) in [5, 5.41) is 10.8. The minimum atomic E-state index is -0.535. The second-order valence-electron chi connectivity index (χ2n) is 5.17. The van der Waals surface area contributed by atoms with Crippen molar-refractivity contribution in [1.82, 2.24) is 4.57 Å². The average Bonchev–Trinajstić information content (AvgIpc) is 2.55. The molecule has 1 aromatic heterocycles.